The number of hydrogen-bond acceptors (Lipinski definition) is 2. The molecular weight excluding hydrogens is 358 g/mol. The van der Waals surface area contributed by atoms with Gasteiger partial charge in [-0.15, -0.1) is 0 Å². The first-order valence-corrected chi connectivity index (χ1v) is 8.67. The molecule has 0 atom stereocenters. The highest BCUT2D eigenvalue weighted by atomic mass is 19.1. The third-order valence-electron chi connectivity index (χ3n) is 4.63. The summed E-state index contributed by atoms with van der Waals surface area (Å²) in [5, 5.41) is 1.26. The molecular formula is C24H14F2O2. The Kier molecular flexibility index (Phi) is 4.53. The maximum Gasteiger partial charge on any atom is 0.193 e. The molecule has 0 aliphatic heterocycles. The minimum Gasteiger partial charge on any atom is -0.289 e. The molecule has 0 fully saturated rings. The molecule has 0 radical (unpaired) electrons. The quantitative estimate of drug-likeness (QED) is 0.438. The van der Waals surface area contributed by atoms with E-state index in [0.717, 1.165) is 0 Å². The molecule has 0 bridgehead atoms. The van der Waals surface area contributed by atoms with Gasteiger partial charge in [-0.2, -0.15) is 0 Å². The summed E-state index contributed by atoms with van der Waals surface area (Å²) in [6.07, 6.45) is 0. The Bertz CT molecular complexity index is 1100. The van der Waals surface area contributed by atoms with Crippen molar-refractivity contribution in [1.82, 2.24) is 0 Å². The van der Waals surface area contributed by atoms with Gasteiger partial charge in [-0.1, -0.05) is 24.3 Å². The van der Waals surface area contributed by atoms with Crippen molar-refractivity contribution in [3.05, 3.63) is 119 Å². The van der Waals surface area contributed by atoms with Crippen LogP contribution in [0.15, 0.2) is 84.9 Å². The van der Waals surface area contributed by atoms with Gasteiger partial charge in [-0.05, 0) is 71.4 Å². The van der Waals surface area contributed by atoms with E-state index in [1.165, 1.54) is 48.5 Å². The van der Waals surface area contributed by atoms with Crippen molar-refractivity contribution in [2.24, 2.45) is 0 Å². The highest BCUT2D eigenvalue weighted by Gasteiger charge is 2.18. The van der Waals surface area contributed by atoms with Crippen molar-refractivity contribution in [2.75, 3.05) is 0 Å². The fourth-order valence-electron chi connectivity index (χ4n) is 3.21. The van der Waals surface area contributed by atoms with Gasteiger partial charge in [0.2, 0.25) is 0 Å². The van der Waals surface area contributed by atoms with Crippen LogP contribution in [0.1, 0.15) is 31.8 Å². The van der Waals surface area contributed by atoms with E-state index < -0.39 is 11.6 Å². The number of carbonyl (C=O) groups is 2. The minimum absolute atomic E-state index is 0.253. The lowest BCUT2D eigenvalue weighted by Gasteiger charge is -2.11. The van der Waals surface area contributed by atoms with Gasteiger partial charge in [0.15, 0.2) is 11.6 Å². The number of hydrogen-bond donors (Lipinski definition) is 0. The first kappa shape index (κ1) is 17.7. The van der Waals surface area contributed by atoms with Crippen LogP contribution in [0.4, 0.5) is 8.78 Å². The molecule has 0 aliphatic carbocycles. The van der Waals surface area contributed by atoms with Crippen LogP contribution in [0, 0.1) is 11.6 Å². The van der Waals surface area contributed by atoms with Gasteiger partial charge >= 0.3 is 0 Å². The van der Waals surface area contributed by atoms with Gasteiger partial charge in [0.25, 0.3) is 0 Å². The molecule has 0 amide bonds. The lowest BCUT2D eigenvalue weighted by molar-refractivity contribution is 0.102. The number of benzene rings is 4. The summed E-state index contributed by atoms with van der Waals surface area (Å²) in [4.78, 5) is 25.8. The van der Waals surface area contributed by atoms with Crippen molar-refractivity contribution in [2.45, 2.75) is 0 Å². The van der Waals surface area contributed by atoms with Crippen LogP contribution in [0.2, 0.25) is 0 Å². The molecule has 4 aromatic carbocycles. The average Bonchev–Trinajstić information content (AvgIpc) is 2.73. The Balaban J connectivity index is 1.83. The monoisotopic (exact) mass is 372 g/mol. The molecule has 0 unspecified atom stereocenters. The fourth-order valence-corrected chi connectivity index (χ4v) is 3.21. The van der Waals surface area contributed by atoms with Crippen molar-refractivity contribution in [1.29, 1.82) is 0 Å². The van der Waals surface area contributed by atoms with E-state index >= 15 is 0 Å². The molecule has 0 N–H and O–H groups in total. The number of carbonyl (C=O) groups excluding carboxylic acids is 2. The lowest BCUT2D eigenvalue weighted by Crippen LogP contribution is -2.06. The summed E-state index contributed by atoms with van der Waals surface area (Å²) in [6, 6.07) is 21.0. The van der Waals surface area contributed by atoms with E-state index in [1.807, 2.05) is 0 Å². The molecule has 2 nitrogen and oxygen atoms in total. The second-order valence-corrected chi connectivity index (χ2v) is 6.38. The van der Waals surface area contributed by atoms with Gasteiger partial charge in [0.1, 0.15) is 11.6 Å². The molecule has 28 heavy (non-hydrogen) atoms. The standard InChI is InChI=1S/C24H14F2O2/c25-17-9-5-15(6-10-17)23(27)21-13-14-22(20-4-2-1-3-19(20)21)24(28)16-7-11-18(26)12-8-16/h1-14H. The molecule has 4 aromatic rings. The predicted molar refractivity (Wildman–Crippen MR) is 104 cm³/mol. The second-order valence-electron chi connectivity index (χ2n) is 6.38. The summed E-state index contributed by atoms with van der Waals surface area (Å²) in [5.74, 6) is -1.34. The van der Waals surface area contributed by atoms with E-state index in [1.54, 1.807) is 36.4 Å². The smallest absolute Gasteiger partial charge is 0.193 e. The topological polar surface area (TPSA) is 34.1 Å². The first-order chi connectivity index (χ1) is 13.5. The molecule has 0 spiro atoms. The summed E-state index contributed by atoms with van der Waals surface area (Å²) in [5.41, 5.74) is 1.59. The summed E-state index contributed by atoms with van der Waals surface area (Å²) in [6.45, 7) is 0. The van der Waals surface area contributed by atoms with Gasteiger partial charge in [0.05, 0.1) is 0 Å². The van der Waals surface area contributed by atoms with Gasteiger partial charge in [-0.25, -0.2) is 8.78 Å². The third-order valence-corrected chi connectivity index (χ3v) is 4.63. The zero-order valence-corrected chi connectivity index (χ0v) is 14.7. The lowest BCUT2D eigenvalue weighted by atomic mass is 9.91. The van der Waals surface area contributed by atoms with E-state index in [9.17, 15) is 18.4 Å². The largest absolute Gasteiger partial charge is 0.289 e. The SMILES string of the molecule is O=C(c1ccc(F)cc1)c1ccc(C(=O)c2ccc(F)cc2)c2ccccc12. The fraction of sp³-hybridized carbons (Fsp3) is 0. The van der Waals surface area contributed by atoms with Crippen LogP contribution in [0.5, 0.6) is 0 Å². The Labute approximate surface area is 160 Å². The van der Waals surface area contributed by atoms with Crippen LogP contribution >= 0.6 is 0 Å². The van der Waals surface area contributed by atoms with Gasteiger partial charge in [0, 0.05) is 22.3 Å². The molecule has 0 saturated heterocycles. The Morgan fingerprint density at radius 2 is 0.857 bits per heavy atom. The zero-order chi connectivity index (χ0) is 19.7. The average molecular weight is 372 g/mol. The molecule has 136 valence electrons. The summed E-state index contributed by atoms with van der Waals surface area (Å²) < 4.78 is 26.3. The van der Waals surface area contributed by atoms with Crippen LogP contribution in [-0.4, -0.2) is 11.6 Å². The molecule has 0 aromatic heterocycles. The number of ketones is 2. The number of fused-ring (bicyclic) bond motifs is 1. The highest BCUT2D eigenvalue weighted by molar-refractivity contribution is 6.22. The van der Waals surface area contributed by atoms with Crippen LogP contribution in [0.3, 0.4) is 0 Å². The predicted octanol–water partition coefficient (Wildman–Crippen LogP) is 5.58. The summed E-state index contributed by atoms with van der Waals surface area (Å²) in [7, 11) is 0. The zero-order valence-electron chi connectivity index (χ0n) is 14.7. The Morgan fingerprint density at radius 3 is 1.21 bits per heavy atom. The molecule has 0 aliphatic rings. The van der Waals surface area contributed by atoms with E-state index in [2.05, 4.69) is 0 Å². The van der Waals surface area contributed by atoms with Crippen LogP contribution in [0.25, 0.3) is 10.8 Å². The van der Waals surface area contributed by atoms with Crippen LogP contribution in [-0.2, 0) is 0 Å². The van der Waals surface area contributed by atoms with E-state index in [0.29, 0.717) is 33.0 Å². The van der Waals surface area contributed by atoms with Crippen molar-refractivity contribution >= 4 is 22.3 Å². The van der Waals surface area contributed by atoms with E-state index in [-0.39, 0.29) is 11.6 Å². The maximum atomic E-state index is 13.2. The molecule has 4 heteroatoms. The Hall–Kier alpha value is -3.66. The highest BCUT2D eigenvalue weighted by Crippen LogP contribution is 2.27. The normalized spacial score (nSPS) is 10.8. The van der Waals surface area contributed by atoms with E-state index in [4.69, 9.17) is 0 Å². The number of rotatable bonds is 4. The number of halogens is 2. The molecule has 0 heterocycles. The third kappa shape index (κ3) is 3.21. The van der Waals surface area contributed by atoms with Crippen molar-refractivity contribution < 1.29 is 18.4 Å². The summed E-state index contributed by atoms with van der Waals surface area (Å²) >= 11 is 0. The second kappa shape index (κ2) is 7.16. The van der Waals surface area contributed by atoms with Gasteiger partial charge in [-0.3, -0.25) is 9.59 Å². The maximum absolute atomic E-state index is 13.2. The van der Waals surface area contributed by atoms with Crippen LogP contribution < -0.4 is 0 Å². The van der Waals surface area contributed by atoms with Crippen molar-refractivity contribution in [3.8, 4) is 0 Å². The first-order valence-electron chi connectivity index (χ1n) is 8.67. The Morgan fingerprint density at radius 1 is 0.500 bits per heavy atom. The molecule has 4 rings (SSSR count). The minimum atomic E-state index is -0.415. The van der Waals surface area contributed by atoms with Crippen molar-refractivity contribution in [3.63, 3.8) is 0 Å². The van der Waals surface area contributed by atoms with Gasteiger partial charge < -0.3 is 0 Å². The molecule has 0 saturated carbocycles.